The highest BCUT2D eigenvalue weighted by molar-refractivity contribution is 5.54. The van der Waals surface area contributed by atoms with E-state index in [0.29, 0.717) is 11.1 Å². The average Bonchev–Trinajstić information content (AvgIpc) is 2.85. The van der Waals surface area contributed by atoms with Gasteiger partial charge >= 0.3 is 0 Å². The van der Waals surface area contributed by atoms with Crippen molar-refractivity contribution in [1.82, 2.24) is 14.6 Å². The number of hydrogen-bond donors (Lipinski definition) is 1. The molecule has 3 aromatic rings. The third-order valence-electron chi connectivity index (χ3n) is 2.93. The van der Waals surface area contributed by atoms with E-state index in [2.05, 4.69) is 10.1 Å². The van der Waals surface area contributed by atoms with Crippen LogP contribution in [0.5, 0.6) is 0 Å². The zero-order valence-corrected chi connectivity index (χ0v) is 9.66. The Morgan fingerprint density at radius 1 is 1.16 bits per heavy atom. The van der Waals surface area contributed by atoms with Crippen LogP contribution >= 0.6 is 0 Å². The van der Waals surface area contributed by atoms with Gasteiger partial charge in [-0.1, -0.05) is 12.1 Å². The van der Waals surface area contributed by atoms with Crippen molar-refractivity contribution >= 4 is 5.52 Å². The van der Waals surface area contributed by atoms with E-state index in [9.17, 15) is 13.9 Å². The van der Waals surface area contributed by atoms with Crippen molar-refractivity contribution in [2.24, 2.45) is 0 Å². The number of aliphatic hydroxyl groups is 1. The summed E-state index contributed by atoms with van der Waals surface area (Å²) in [5.74, 6) is -2.05. The van der Waals surface area contributed by atoms with Crippen LogP contribution < -0.4 is 0 Å². The van der Waals surface area contributed by atoms with Crippen molar-refractivity contribution in [2.75, 3.05) is 0 Å². The molecule has 4 nitrogen and oxygen atoms in total. The van der Waals surface area contributed by atoms with Gasteiger partial charge in [-0.2, -0.15) is 5.10 Å². The molecule has 1 aromatic carbocycles. The van der Waals surface area contributed by atoms with E-state index in [4.69, 9.17) is 0 Å². The summed E-state index contributed by atoms with van der Waals surface area (Å²) >= 11 is 0. The molecule has 2 aromatic heterocycles. The molecule has 0 aliphatic carbocycles. The van der Waals surface area contributed by atoms with Crippen molar-refractivity contribution in [3.63, 3.8) is 0 Å². The fraction of sp³-hybridized carbons (Fsp3) is 0.0769. The topological polar surface area (TPSA) is 50.4 Å². The van der Waals surface area contributed by atoms with Gasteiger partial charge in [0.2, 0.25) is 0 Å². The molecular formula is C13H9F2N3O. The summed E-state index contributed by atoms with van der Waals surface area (Å²) in [5.41, 5.74) is 0.787. The fourth-order valence-electron chi connectivity index (χ4n) is 1.96. The molecule has 0 bridgehead atoms. The summed E-state index contributed by atoms with van der Waals surface area (Å²) in [6.45, 7) is 0. The van der Waals surface area contributed by atoms with E-state index in [1.165, 1.54) is 29.0 Å². The Bertz CT molecular complexity index is 742. The minimum absolute atomic E-state index is 0.126. The maximum Gasteiger partial charge on any atom is 0.164 e. The lowest BCUT2D eigenvalue weighted by Gasteiger charge is -2.11. The minimum Gasteiger partial charge on any atom is -0.383 e. The monoisotopic (exact) mass is 261 g/mol. The number of nitrogens with zero attached hydrogens (tertiary/aromatic N) is 3. The summed E-state index contributed by atoms with van der Waals surface area (Å²) < 4.78 is 28.3. The molecule has 19 heavy (non-hydrogen) atoms. The second kappa shape index (κ2) is 4.40. The summed E-state index contributed by atoms with van der Waals surface area (Å²) in [4.78, 5) is 3.92. The smallest absolute Gasteiger partial charge is 0.164 e. The van der Waals surface area contributed by atoms with E-state index < -0.39 is 17.7 Å². The number of hydrogen-bond acceptors (Lipinski definition) is 3. The zero-order valence-electron chi connectivity index (χ0n) is 9.66. The number of fused-ring (bicyclic) bond motifs is 1. The molecule has 0 spiro atoms. The molecule has 0 fully saturated rings. The van der Waals surface area contributed by atoms with Gasteiger partial charge in [0.1, 0.15) is 6.10 Å². The standard InChI is InChI=1S/C13H9F2N3O/c14-10-3-1-2-8(12(10)15)13(19)9-6-17-18-5-4-16-7-11(9)18/h1-7,13,19H. The predicted octanol–water partition coefficient (Wildman–Crippen LogP) is 2.09. The van der Waals surface area contributed by atoms with Crippen LogP contribution in [0.3, 0.4) is 0 Å². The molecule has 96 valence electrons. The van der Waals surface area contributed by atoms with Gasteiger partial charge in [-0.05, 0) is 6.07 Å². The van der Waals surface area contributed by atoms with Crippen LogP contribution in [-0.2, 0) is 0 Å². The molecular weight excluding hydrogens is 252 g/mol. The highest BCUT2D eigenvalue weighted by Gasteiger charge is 2.20. The molecule has 0 saturated carbocycles. The largest absolute Gasteiger partial charge is 0.383 e. The number of rotatable bonds is 2. The lowest BCUT2D eigenvalue weighted by Crippen LogP contribution is -2.04. The third kappa shape index (κ3) is 1.86. The van der Waals surface area contributed by atoms with E-state index in [1.807, 2.05) is 0 Å². The van der Waals surface area contributed by atoms with Crippen molar-refractivity contribution in [1.29, 1.82) is 0 Å². The average molecular weight is 261 g/mol. The van der Waals surface area contributed by atoms with Gasteiger partial charge in [0.25, 0.3) is 0 Å². The Morgan fingerprint density at radius 2 is 2.00 bits per heavy atom. The SMILES string of the molecule is OC(c1cccc(F)c1F)c1cnn2ccncc12. The maximum absolute atomic E-state index is 13.7. The summed E-state index contributed by atoms with van der Waals surface area (Å²) in [7, 11) is 0. The predicted molar refractivity (Wildman–Crippen MR) is 63.4 cm³/mol. The normalized spacial score (nSPS) is 12.8. The van der Waals surface area contributed by atoms with Gasteiger partial charge < -0.3 is 5.11 Å². The molecule has 1 N–H and O–H groups in total. The number of aromatic nitrogens is 3. The van der Waals surface area contributed by atoms with Gasteiger partial charge in [0.15, 0.2) is 11.6 Å². The van der Waals surface area contributed by atoms with Crippen LogP contribution in [0, 0.1) is 11.6 Å². The lowest BCUT2D eigenvalue weighted by atomic mass is 10.0. The molecule has 0 radical (unpaired) electrons. The molecule has 0 aliphatic rings. The van der Waals surface area contributed by atoms with E-state index in [-0.39, 0.29) is 5.56 Å². The summed E-state index contributed by atoms with van der Waals surface area (Å²) in [6.07, 6.45) is 4.76. The first-order valence-corrected chi connectivity index (χ1v) is 5.57. The first-order valence-electron chi connectivity index (χ1n) is 5.57. The van der Waals surface area contributed by atoms with Crippen molar-refractivity contribution in [2.45, 2.75) is 6.10 Å². The Kier molecular flexibility index (Phi) is 2.72. The van der Waals surface area contributed by atoms with E-state index >= 15 is 0 Å². The number of halogens is 2. The van der Waals surface area contributed by atoms with E-state index in [0.717, 1.165) is 6.07 Å². The molecule has 6 heteroatoms. The van der Waals surface area contributed by atoms with Crippen LogP contribution in [0.25, 0.3) is 5.52 Å². The second-order valence-electron chi connectivity index (χ2n) is 4.05. The quantitative estimate of drug-likeness (QED) is 0.768. The molecule has 2 heterocycles. The molecule has 0 amide bonds. The second-order valence-corrected chi connectivity index (χ2v) is 4.05. The van der Waals surface area contributed by atoms with Gasteiger partial charge in [0.05, 0.1) is 17.9 Å². The van der Waals surface area contributed by atoms with Gasteiger partial charge in [-0.3, -0.25) is 4.98 Å². The number of aliphatic hydroxyl groups excluding tert-OH is 1. The summed E-state index contributed by atoms with van der Waals surface area (Å²) in [6, 6.07) is 3.69. The Balaban J connectivity index is 2.13. The maximum atomic E-state index is 13.7. The molecule has 1 unspecified atom stereocenters. The van der Waals surface area contributed by atoms with Crippen LogP contribution in [0.1, 0.15) is 17.2 Å². The molecule has 3 rings (SSSR count). The van der Waals surface area contributed by atoms with Gasteiger partial charge in [-0.15, -0.1) is 0 Å². The van der Waals surface area contributed by atoms with Gasteiger partial charge in [0, 0.05) is 23.5 Å². The first-order chi connectivity index (χ1) is 9.18. The highest BCUT2D eigenvalue weighted by Crippen LogP contribution is 2.27. The summed E-state index contributed by atoms with van der Waals surface area (Å²) in [5, 5.41) is 14.2. The Labute approximate surface area is 107 Å². The Morgan fingerprint density at radius 3 is 2.84 bits per heavy atom. The fourth-order valence-corrected chi connectivity index (χ4v) is 1.96. The van der Waals surface area contributed by atoms with Crippen LogP contribution in [-0.4, -0.2) is 19.7 Å². The van der Waals surface area contributed by atoms with Crippen molar-refractivity contribution < 1.29 is 13.9 Å². The first kappa shape index (κ1) is 11.7. The minimum atomic E-state index is -1.29. The van der Waals surface area contributed by atoms with Crippen LogP contribution in [0.2, 0.25) is 0 Å². The highest BCUT2D eigenvalue weighted by atomic mass is 19.2. The van der Waals surface area contributed by atoms with Crippen LogP contribution in [0.4, 0.5) is 8.78 Å². The van der Waals surface area contributed by atoms with Gasteiger partial charge in [-0.25, -0.2) is 13.3 Å². The lowest BCUT2D eigenvalue weighted by molar-refractivity contribution is 0.215. The molecule has 1 atom stereocenters. The van der Waals surface area contributed by atoms with E-state index in [1.54, 1.807) is 12.4 Å². The van der Waals surface area contributed by atoms with Crippen LogP contribution in [0.15, 0.2) is 43.0 Å². The molecule has 0 saturated heterocycles. The van der Waals surface area contributed by atoms with Crippen molar-refractivity contribution in [3.8, 4) is 0 Å². The zero-order chi connectivity index (χ0) is 13.4. The Hall–Kier alpha value is -2.34. The van der Waals surface area contributed by atoms with Crippen molar-refractivity contribution in [3.05, 3.63) is 65.7 Å². The molecule has 0 aliphatic heterocycles. The third-order valence-corrected chi connectivity index (χ3v) is 2.93. The number of benzene rings is 1.